The van der Waals surface area contributed by atoms with Gasteiger partial charge in [-0.3, -0.25) is 4.79 Å². The van der Waals surface area contributed by atoms with Crippen LogP contribution in [0.3, 0.4) is 0 Å². The number of hydrogen-bond acceptors (Lipinski definition) is 4. The molecule has 36 heavy (non-hydrogen) atoms. The highest BCUT2D eigenvalue weighted by atomic mass is 19.2. The van der Waals surface area contributed by atoms with Crippen LogP contribution in [0, 0.1) is 23.4 Å². The topological polar surface area (TPSA) is 44.8 Å². The molecule has 190 valence electrons. The van der Waals surface area contributed by atoms with Crippen molar-refractivity contribution in [2.24, 2.45) is 5.92 Å². The number of carbonyl (C=O) groups is 1. The van der Waals surface area contributed by atoms with Crippen molar-refractivity contribution in [2.45, 2.75) is 45.1 Å². The van der Waals surface area contributed by atoms with Crippen molar-refractivity contribution in [2.75, 3.05) is 13.7 Å². The van der Waals surface area contributed by atoms with E-state index in [4.69, 9.17) is 14.2 Å². The molecule has 3 aromatic carbocycles. The Morgan fingerprint density at radius 3 is 2.28 bits per heavy atom. The lowest BCUT2D eigenvalue weighted by Crippen LogP contribution is -2.25. The van der Waals surface area contributed by atoms with Gasteiger partial charge in [-0.15, -0.1) is 0 Å². The van der Waals surface area contributed by atoms with Crippen LogP contribution in [0.15, 0.2) is 54.6 Å². The van der Waals surface area contributed by atoms with E-state index in [1.165, 1.54) is 19.2 Å². The molecule has 0 radical (unpaired) electrons. The predicted molar refractivity (Wildman–Crippen MR) is 130 cm³/mol. The first-order valence-electron chi connectivity index (χ1n) is 12.1. The van der Waals surface area contributed by atoms with Crippen LogP contribution in [0.1, 0.15) is 49.7 Å². The molecule has 1 aliphatic rings. The molecule has 0 atom stereocenters. The van der Waals surface area contributed by atoms with Crippen molar-refractivity contribution in [3.05, 3.63) is 83.2 Å². The lowest BCUT2D eigenvalue weighted by molar-refractivity contribution is -0.140. The molecule has 1 saturated carbocycles. The van der Waals surface area contributed by atoms with Crippen LogP contribution in [0.2, 0.25) is 0 Å². The summed E-state index contributed by atoms with van der Waals surface area (Å²) in [6.45, 7) is 2.65. The average Bonchev–Trinajstić information content (AvgIpc) is 2.90. The van der Waals surface area contributed by atoms with Crippen LogP contribution in [0.4, 0.5) is 13.2 Å². The molecule has 1 fully saturated rings. The van der Waals surface area contributed by atoms with Gasteiger partial charge in [-0.2, -0.15) is 0 Å². The van der Waals surface area contributed by atoms with Crippen molar-refractivity contribution in [1.29, 1.82) is 0 Å². The fourth-order valence-electron chi connectivity index (χ4n) is 4.64. The average molecular weight is 499 g/mol. The second kappa shape index (κ2) is 11.6. The Morgan fingerprint density at radius 1 is 0.917 bits per heavy atom. The van der Waals surface area contributed by atoms with Gasteiger partial charge in [-0.05, 0) is 79.5 Å². The summed E-state index contributed by atoms with van der Waals surface area (Å²) in [5.74, 6) is -2.99. The highest BCUT2D eigenvalue weighted by Crippen LogP contribution is 2.39. The first kappa shape index (κ1) is 25.8. The lowest BCUT2D eigenvalue weighted by Gasteiger charge is -2.28. The van der Waals surface area contributed by atoms with E-state index < -0.39 is 29.3 Å². The molecule has 0 saturated heterocycles. The quantitative estimate of drug-likeness (QED) is 0.243. The number of halogens is 3. The van der Waals surface area contributed by atoms with E-state index in [0.717, 1.165) is 0 Å². The standard InChI is InChI=1S/C29H29F3O4/c1-3-35-17-18-4-15-26(25(30)16-18)36-29(33)21-7-5-19(6-8-21)23-13-14-24(28(32)27(23)31)20-9-11-22(34-2)12-10-20/h4,9-16,19,21H,3,5-8,17H2,1-2H3. The van der Waals surface area contributed by atoms with Crippen molar-refractivity contribution in [3.63, 3.8) is 0 Å². The monoisotopic (exact) mass is 498 g/mol. The van der Waals surface area contributed by atoms with Gasteiger partial charge in [0.15, 0.2) is 23.2 Å². The zero-order valence-corrected chi connectivity index (χ0v) is 20.4. The van der Waals surface area contributed by atoms with Gasteiger partial charge >= 0.3 is 5.97 Å². The number of benzene rings is 3. The summed E-state index contributed by atoms with van der Waals surface area (Å²) in [4.78, 5) is 12.6. The molecule has 0 aromatic heterocycles. The molecule has 7 heteroatoms. The van der Waals surface area contributed by atoms with Gasteiger partial charge in [-0.1, -0.05) is 30.3 Å². The Balaban J connectivity index is 1.38. The summed E-state index contributed by atoms with van der Waals surface area (Å²) in [6, 6.07) is 14.4. The summed E-state index contributed by atoms with van der Waals surface area (Å²) in [5.41, 5.74) is 1.71. The second-order valence-corrected chi connectivity index (χ2v) is 8.93. The van der Waals surface area contributed by atoms with Crippen LogP contribution in [-0.4, -0.2) is 19.7 Å². The van der Waals surface area contributed by atoms with Crippen LogP contribution in [0.5, 0.6) is 11.5 Å². The Labute approximate surface area is 209 Å². The smallest absolute Gasteiger partial charge is 0.314 e. The van der Waals surface area contributed by atoms with E-state index in [1.807, 2.05) is 6.92 Å². The summed E-state index contributed by atoms with van der Waals surface area (Å²) < 4.78 is 60.0. The third-order valence-electron chi connectivity index (χ3n) is 6.69. The van der Waals surface area contributed by atoms with E-state index in [0.29, 0.717) is 54.7 Å². The number of esters is 1. The van der Waals surface area contributed by atoms with E-state index in [2.05, 4.69) is 0 Å². The molecule has 0 heterocycles. The molecule has 1 aliphatic carbocycles. The SMILES string of the molecule is CCOCc1ccc(OC(=O)C2CCC(c3ccc(-c4ccc(OC)cc4)c(F)c3F)CC2)c(F)c1. The Bertz CT molecular complexity index is 1200. The highest BCUT2D eigenvalue weighted by molar-refractivity contribution is 5.75. The van der Waals surface area contributed by atoms with Crippen LogP contribution in [-0.2, 0) is 16.1 Å². The fraction of sp³-hybridized carbons (Fsp3) is 0.345. The maximum absolute atomic E-state index is 15.0. The van der Waals surface area contributed by atoms with Gasteiger partial charge in [-0.25, -0.2) is 13.2 Å². The van der Waals surface area contributed by atoms with Crippen molar-refractivity contribution in [3.8, 4) is 22.6 Å². The molecule has 0 N–H and O–H groups in total. The third kappa shape index (κ3) is 5.73. The molecule has 0 spiro atoms. The fourth-order valence-corrected chi connectivity index (χ4v) is 4.64. The van der Waals surface area contributed by atoms with Crippen LogP contribution >= 0.6 is 0 Å². The van der Waals surface area contributed by atoms with E-state index in [9.17, 15) is 13.6 Å². The zero-order valence-electron chi connectivity index (χ0n) is 20.4. The van der Waals surface area contributed by atoms with Gasteiger partial charge in [0, 0.05) is 12.2 Å². The summed E-state index contributed by atoms with van der Waals surface area (Å²) in [5, 5.41) is 0. The highest BCUT2D eigenvalue weighted by Gasteiger charge is 2.31. The number of methoxy groups -OCH3 is 1. The number of carbonyl (C=O) groups excluding carboxylic acids is 1. The molecule has 4 rings (SSSR count). The second-order valence-electron chi connectivity index (χ2n) is 8.93. The van der Waals surface area contributed by atoms with Gasteiger partial charge in [0.25, 0.3) is 0 Å². The Morgan fingerprint density at radius 2 is 1.64 bits per heavy atom. The van der Waals surface area contributed by atoms with Gasteiger partial charge in [0.05, 0.1) is 19.6 Å². The van der Waals surface area contributed by atoms with Crippen LogP contribution in [0.25, 0.3) is 11.1 Å². The molecule has 4 nitrogen and oxygen atoms in total. The lowest BCUT2D eigenvalue weighted by atomic mass is 9.78. The largest absolute Gasteiger partial charge is 0.497 e. The summed E-state index contributed by atoms with van der Waals surface area (Å²) in [6.07, 6.45) is 1.92. The first-order valence-corrected chi connectivity index (χ1v) is 12.1. The first-order chi connectivity index (χ1) is 17.4. The number of ether oxygens (including phenoxy) is 3. The molecular formula is C29H29F3O4. The summed E-state index contributed by atoms with van der Waals surface area (Å²) >= 11 is 0. The molecule has 0 unspecified atom stereocenters. The molecular weight excluding hydrogens is 469 g/mol. The van der Waals surface area contributed by atoms with Gasteiger partial charge < -0.3 is 14.2 Å². The Kier molecular flexibility index (Phi) is 8.31. The van der Waals surface area contributed by atoms with E-state index in [-0.39, 0.29) is 23.8 Å². The maximum atomic E-state index is 15.0. The Hall–Kier alpha value is -3.32. The van der Waals surface area contributed by atoms with Crippen molar-refractivity contribution >= 4 is 5.97 Å². The number of rotatable bonds is 8. The normalized spacial score (nSPS) is 17.6. The van der Waals surface area contributed by atoms with E-state index >= 15 is 4.39 Å². The van der Waals surface area contributed by atoms with Gasteiger partial charge in [0.2, 0.25) is 0 Å². The van der Waals surface area contributed by atoms with Crippen LogP contribution < -0.4 is 9.47 Å². The molecule has 3 aromatic rings. The molecule has 0 aliphatic heterocycles. The van der Waals surface area contributed by atoms with E-state index in [1.54, 1.807) is 42.5 Å². The minimum absolute atomic E-state index is 0.121. The minimum atomic E-state index is -0.887. The minimum Gasteiger partial charge on any atom is -0.497 e. The zero-order chi connectivity index (χ0) is 25.7. The predicted octanol–water partition coefficient (Wildman–Crippen LogP) is 7.20. The molecule has 0 bridgehead atoms. The number of hydrogen-bond donors (Lipinski definition) is 0. The third-order valence-corrected chi connectivity index (χ3v) is 6.69. The summed E-state index contributed by atoms with van der Waals surface area (Å²) in [7, 11) is 1.54. The van der Waals surface area contributed by atoms with Crippen molar-refractivity contribution in [1.82, 2.24) is 0 Å². The maximum Gasteiger partial charge on any atom is 0.314 e. The van der Waals surface area contributed by atoms with Crippen molar-refractivity contribution < 1.29 is 32.2 Å². The van der Waals surface area contributed by atoms with Gasteiger partial charge in [0.1, 0.15) is 5.75 Å². The molecule has 0 amide bonds.